The molecule has 1 rings (SSSR count). The first-order chi connectivity index (χ1) is 11.1. The maximum atomic E-state index is 12.0. The maximum Gasteiger partial charge on any atom is 0.220 e. The Kier molecular flexibility index (Phi) is 9.47. The van der Waals surface area contributed by atoms with Gasteiger partial charge in [0.15, 0.2) is 9.84 Å². The molecule has 0 fully saturated rings. The molecule has 1 aromatic rings. The van der Waals surface area contributed by atoms with Crippen LogP contribution in [0.15, 0.2) is 29.2 Å². The molecule has 0 saturated carbocycles. The van der Waals surface area contributed by atoms with Crippen LogP contribution in [0.3, 0.4) is 0 Å². The lowest BCUT2D eigenvalue weighted by atomic mass is 9.88. The smallest absolute Gasteiger partial charge is 0.220 e. The Morgan fingerprint density at radius 1 is 1.28 bits per heavy atom. The van der Waals surface area contributed by atoms with Crippen molar-refractivity contribution in [2.24, 2.45) is 11.7 Å². The molecular weight excluding hydrogens is 364 g/mol. The number of halogens is 1. The normalized spacial score (nSPS) is 13.7. The lowest BCUT2D eigenvalue weighted by Gasteiger charge is -2.33. The fourth-order valence-corrected chi connectivity index (χ4v) is 2.65. The largest absolute Gasteiger partial charge is 0.494 e. The van der Waals surface area contributed by atoms with E-state index in [4.69, 9.17) is 10.5 Å². The molecule has 1 aromatic carbocycles. The highest BCUT2D eigenvalue weighted by Crippen LogP contribution is 2.17. The molecule has 0 bridgehead atoms. The van der Waals surface area contributed by atoms with Crippen LogP contribution >= 0.6 is 12.4 Å². The molecule has 0 aliphatic heterocycles. The summed E-state index contributed by atoms with van der Waals surface area (Å²) in [5.74, 6) is 0.778. The number of nitrogens with one attached hydrogen (secondary N) is 1. The second-order valence-electron chi connectivity index (χ2n) is 6.52. The van der Waals surface area contributed by atoms with Crippen LogP contribution in [0.2, 0.25) is 0 Å². The van der Waals surface area contributed by atoms with E-state index in [0.29, 0.717) is 31.7 Å². The summed E-state index contributed by atoms with van der Waals surface area (Å²) in [5, 5.41) is 2.98. The molecular formula is C17H29ClN2O4S. The van der Waals surface area contributed by atoms with Gasteiger partial charge >= 0.3 is 0 Å². The highest BCUT2D eigenvalue weighted by molar-refractivity contribution is 7.90. The van der Waals surface area contributed by atoms with Gasteiger partial charge in [0.05, 0.1) is 17.0 Å². The Balaban J connectivity index is 0.00000576. The molecule has 0 saturated heterocycles. The number of carbonyl (C=O) groups excluding carboxylic acids is 1. The summed E-state index contributed by atoms with van der Waals surface area (Å²) >= 11 is 0. The number of nitrogens with two attached hydrogens (primary N) is 1. The third kappa shape index (κ3) is 7.63. The number of amides is 1. The van der Waals surface area contributed by atoms with Gasteiger partial charge in [0.1, 0.15) is 5.75 Å². The summed E-state index contributed by atoms with van der Waals surface area (Å²) in [6.07, 6.45) is 2.08. The van der Waals surface area contributed by atoms with Crippen molar-refractivity contribution in [1.29, 1.82) is 0 Å². The summed E-state index contributed by atoms with van der Waals surface area (Å²) in [6, 6.07) is 6.24. The monoisotopic (exact) mass is 392 g/mol. The lowest BCUT2D eigenvalue weighted by Crippen LogP contribution is -2.55. The minimum atomic E-state index is -3.20. The molecule has 0 heterocycles. The highest BCUT2D eigenvalue weighted by atomic mass is 35.5. The molecule has 144 valence electrons. The first-order valence-electron chi connectivity index (χ1n) is 8.02. The number of ether oxygens (including phenoxy) is 1. The third-order valence-electron chi connectivity index (χ3n) is 4.19. The topological polar surface area (TPSA) is 98.5 Å². The van der Waals surface area contributed by atoms with Crippen LogP contribution in [0.25, 0.3) is 0 Å². The number of sulfone groups is 1. The van der Waals surface area contributed by atoms with E-state index in [9.17, 15) is 13.2 Å². The fraction of sp³-hybridized carbons (Fsp3) is 0.588. The average molecular weight is 393 g/mol. The van der Waals surface area contributed by atoms with E-state index in [1.807, 2.05) is 20.8 Å². The van der Waals surface area contributed by atoms with E-state index < -0.39 is 15.4 Å². The minimum Gasteiger partial charge on any atom is -0.494 e. The van der Waals surface area contributed by atoms with Crippen molar-refractivity contribution in [2.75, 3.05) is 19.4 Å². The van der Waals surface area contributed by atoms with E-state index in [1.54, 1.807) is 12.1 Å². The standard InChI is InChI=1S/C17H28N2O4S.ClH/c1-13(2)17(3,12-18)19-16(20)6-5-11-23-14-7-9-15(10-8-14)24(4,21)22;/h7-10,13H,5-6,11-12,18H2,1-4H3,(H,19,20);1H. The second kappa shape index (κ2) is 9.99. The van der Waals surface area contributed by atoms with Gasteiger partial charge in [-0.05, 0) is 43.5 Å². The van der Waals surface area contributed by atoms with Crippen molar-refractivity contribution in [3.8, 4) is 5.75 Å². The van der Waals surface area contributed by atoms with Crippen LogP contribution < -0.4 is 15.8 Å². The van der Waals surface area contributed by atoms with Gasteiger partial charge in [-0.1, -0.05) is 13.8 Å². The number of carbonyl (C=O) groups is 1. The van der Waals surface area contributed by atoms with Crippen LogP contribution in [0.5, 0.6) is 5.75 Å². The number of hydrogen-bond donors (Lipinski definition) is 2. The summed E-state index contributed by atoms with van der Waals surface area (Å²) in [6.45, 7) is 6.76. The molecule has 1 amide bonds. The lowest BCUT2D eigenvalue weighted by molar-refractivity contribution is -0.123. The maximum absolute atomic E-state index is 12.0. The van der Waals surface area contributed by atoms with Crippen molar-refractivity contribution in [3.05, 3.63) is 24.3 Å². The van der Waals surface area contributed by atoms with E-state index in [-0.39, 0.29) is 29.1 Å². The summed E-state index contributed by atoms with van der Waals surface area (Å²) < 4.78 is 28.3. The molecule has 25 heavy (non-hydrogen) atoms. The van der Waals surface area contributed by atoms with E-state index in [1.165, 1.54) is 12.1 Å². The van der Waals surface area contributed by atoms with Gasteiger partial charge in [-0.3, -0.25) is 4.79 Å². The number of rotatable bonds is 9. The van der Waals surface area contributed by atoms with Gasteiger partial charge in [-0.25, -0.2) is 8.42 Å². The van der Waals surface area contributed by atoms with Crippen LogP contribution in [0, 0.1) is 5.92 Å². The predicted octanol–water partition coefficient (Wildman–Crippen LogP) is 2.16. The van der Waals surface area contributed by atoms with Crippen molar-refractivity contribution < 1.29 is 17.9 Å². The average Bonchev–Trinajstić information content (AvgIpc) is 2.50. The molecule has 8 heteroatoms. The Labute approximate surface area is 156 Å². The highest BCUT2D eigenvalue weighted by Gasteiger charge is 2.28. The van der Waals surface area contributed by atoms with Gasteiger partial charge in [0.25, 0.3) is 0 Å². The van der Waals surface area contributed by atoms with Crippen LogP contribution in [-0.2, 0) is 14.6 Å². The van der Waals surface area contributed by atoms with Gasteiger partial charge in [0.2, 0.25) is 5.91 Å². The zero-order chi connectivity index (χ0) is 18.4. The Morgan fingerprint density at radius 2 is 1.84 bits per heavy atom. The molecule has 6 nitrogen and oxygen atoms in total. The predicted molar refractivity (Wildman–Crippen MR) is 102 cm³/mol. The molecule has 0 aliphatic rings. The van der Waals surface area contributed by atoms with Crippen molar-refractivity contribution in [1.82, 2.24) is 5.32 Å². The zero-order valence-electron chi connectivity index (χ0n) is 15.2. The first kappa shape index (κ1) is 23.7. The molecule has 0 aromatic heterocycles. The molecule has 0 aliphatic carbocycles. The van der Waals surface area contributed by atoms with E-state index >= 15 is 0 Å². The summed E-state index contributed by atoms with van der Waals surface area (Å²) in [7, 11) is -3.20. The molecule has 0 radical (unpaired) electrons. The molecule has 1 unspecified atom stereocenters. The van der Waals surface area contributed by atoms with Crippen molar-refractivity contribution in [2.45, 2.75) is 44.0 Å². The Hall–Kier alpha value is -1.31. The van der Waals surface area contributed by atoms with Gasteiger partial charge < -0.3 is 15.8 Å². The van der Waals surface area contributed by atoms with Crippen LogP contribution in [0.4, 0.5) is 0 Å². The van der Waals surface area contributed by atoms with Gasteiger partial charge in [0, 0.05) is 19.2 Å². The van der Waals surface area contributed by atoms with Gasteiger partial charge in [-0.2, -0.15) is 0 Å². The summed E-state index contributed by atoms with van der Waals surface area (Å²) in [4.78, 5) is 12.3. The minimum absolute atomic E-state index is 0. The van der Waals surface area contributed by atoms with Crippen molar-refractivity contribution >= 4 is 28.2 Å². The molecule has 1 atom stereocenters. The zero-order valence-corrected chi connectivity index (χ0v) is 16.9. The fourth-order valence-electron chi connectivity index (χ4n) is 2.02. The molecule has 3 N–H and O–H groups in total. The van der Waals surface area contributed by atoms with Crippen molar-refractivity contribution in [3.63, 3.8) is 0 Å². The van der Waals surface area contributed by atoms with Crippen LogP contribution in [-0.4, -0.2) is 39.3 Å². The molecule has 0 spiro atoms. The SMILES string of the molecule is CC(C)C(C)(CN)NC(=O)CCCOc1ccc(S(C)(=O)=O)cc1.Cl. The third-order valence-corrected chi connectivity index (χ3v) is 5.32. The second-order valence-corrected chi connectivity index (χ2v) is 8.54. The van der Waals surface area contributed by atoms with Gasteiger partial charge in [-0.15, -0.1) is 12.4 Å². The Morgan fingerprint density at radius 3 is 2.28 bits per heavy atom. The van der Waals surface area contributed by atoms with Crippen LogP contribution in [0.1, 0.15) is 33.6 Å². The number of hydrogen-bond acceptors (Lipinski definition) is 5. The Bertz CT molecular complexity index is 647. The van der Waals surface area contributed by atoms with E-state index in [2.05, 4.69) is 5.32 Å². The summed E-state index contributed by atoms with van der Waals surface area (Å²) in [5.41, 5.74) is 5.34. The number of benzene rings is 1. The quantitative estimate of drug-likeness (QED) is 0.627. The first-order valence-corrected chi connectivity index (χ1v) is 9.91. The van der Waals surface area contributed by atoms with E-state index in [0.717, 1.165) is 6.26 Å².